The van der Waals surface area contributed by atoms with Gasteiger partial charge in [-0.2, -0.15) is 0 Å². The van der Waals surface area contributed by atoms with E-state index in [4.69, 9.17) is 23.2 Å². The number of nitrogens with one attached hydrogen (secondary N) is 1. The summed E-state index contributed by atoms with van der Waals surface area (Å²) < 4.78 is 27.4. The smallest absolute Gasteiger partial charge is 0.232 e. The zero-order valence-electron chi connectivity index (χ0n) is 10.5. The number of hydrogen-bond donors (Lipinski definition) is 1. The summed E-state index contributed by atoms with van der Waals surface area (Å²) in [4.78, 5) is 3.75. The van der Waals surface area contributed by atoms with Gasteiger partial charge in [0.1, 0.15) is 0 Å². The lowest BCUT2D eigenvalue weighted by Crippen LogP contribution is -2.27. The molecule has 2 rings (SSSR count). The Morgan fingerprint density at radius 3 is 2.45 bits per heavy atom. The lowest BCUT2D eigenvalue weighted by atomic mass is 10.1. The molecule has 1 aromatic carbocycles. The number of halogens is 2. The number of aromatic nitrogens is 1. The summed E-state index contributed by atoms with van der Waals surface area (Å²) in [5, 5.41) is 0.612. The third-order valence-electron chi connectivity index (χ3n) is 2.70. The molecule has 1 aromatic heterocycles. The fourth-order valence-electron chi connectivity index (χ4n) is 1.69. The summed E-state index contributed by atoms with van der Waals surface area (Å²) in [6.07, 6.45) is 1.87. The van der Waals surface area contributed by atoms with Crippen molar-refractivity contribution in [1.82, 2.24) is 9.71 Å². The summed E-state index contributed by atoms with van der Waals surface area (Å²) in [6.45, 7) is 1.90. The van der Waals surface area contributed by atoms with Gasteiger partial charge in [-0.25, -0.2) is 18.1 Å². The first-order valence-electron chi connectivity index (χ1n) is 5.81. The second-order valence-corrected chi connectivity index (χ2v) is 8.06. The van der Waals surface area contributed by atoms with Crippen LogP contribution in [0.15, 0.2) is 34.7 Å². The van der Waals surface area contributed by atoms with E-state index in [2.05, 4.69) is 9.71 Å². The Labute approximate surface area is 131 Å². The van der Waals surface area contributed by atoms with Gasteiger partial charge in [0.2, 0.25) is 0 Å². The van der Waals surface area contributed by atoms with Crippen LogP contribution in [0.4, 0.5) is 0 Å². The molecule has 4 nitrogen and oxygen atoms in total. The van der Waals surface area contributed by atoms with Gasteiger partial charge in [-0.05, 0) is 24.1 Å². The molecule has 0 aliphatic carbocycles. The highest BCUT2D eigenvalue weighted by Gasteiger charge is 2.22. The van der Waals surface area contributed by atoms with Crippen LogP contribution in [0, 0.1) is 0 Å². The number of sulfonamides is 1. The van der Waals surface area contributed by atoms with Gasteiger partial charge < -0.3 is 0 Å². The lowest BCUT2D eigenvalue weighted by Gasteiger charge is -2.16. The summed E-state index contributed by atoms with van der Waals surface area (Å²) >= 11 is 12.4. The van der Waals surface area contributed by atoms with Crippen molar-refractivity contribution >= 4 is 44.6 Å². The molecule has 0 fully saturated rings. The van der Waals surface area contributed by atoms with Gasteiger partial charge in [0.25, 0.3) is 10.0 Å². The monoisotopic (exact) mass is 350 g/mol. The summed E-state index contributed by atoms with van der Waals surface area (Å²) in [6, 6.07) is 6.75. The molecule has 2 aromatic rings. The molecule has 0 bridgehead atoms. The quantitative estimate of drug-likeness (QED) is 0.889. The SMILES string of the molecule is CCC(NS(=O)(=O)c1cnc(Cl)s1)c1ccc(Cl)cc1. The molecule has 0 amide bonds. The molecule has 0 aliphatic heterocycles. The average molecular weight is 351 g/mol. The molecule has 1 heterocycles. The second kappa shape index (κ2) is 6.41. The van der Waals surface area contributed by atoms with E-state index >= 15 is 0 Å². The van der Waals surface area contributed by atoms with E-state index in [1.54, 1.807) is 24.3 Å². The molecule has 0 saturated heterocycles. The van der Waals surface area contributed by atoms with Crippen LogP contribution in [-0.2, 0) is 10.0 Å². The number of benzene rings is 1. The summed E-state index contributed by atoms with van der Waals surface area (Å²) in [7, 11) is -3.62. The molecule has 1 unspecified atom stereocenters. The molecule has 0 saturated carbocycles. The molecular weight excluding hydrogens is 339 g/mol. The van der Waals surface area contributed by atoms with Gasteiger partial charge in [0.15, 0.2) is 8.68 Å². The van der Waals surface area contributed by atoms with Crippen LogP contribution in [0.1, 0.15) is 24.9 Å². The van der Waals surface area contributed by atoms with Crippen LogP contribution < -0.4 is 4.72 Å². The van der Waals surface area contributed by atoms with Crippen molar-refractivity contribution in [2.75, 3.05) is 0 Å². The maximum Gasteiger partial charge on any atom is 0.252 e. The number of nitrogens with zero attached hydrogens (tertiary/aromatic N) is 1. The van der Waals surface area contributed by atoms with E-state index in [1.165, 1.54) is 6.20 Å². The lowest BCUT2D eigenvalue weighted by molar-refractivity contribution is 0.552. The molecule has 0 radical (unpaired) electrons. The third-order valence-corrected chi connectivity index (χ3v) is 6.00. The molecular formula is C12H12Cl2N2O2S2. The van der Waals surface area contributed by atoms with Crippen LogP contribution in [0.25, 0.3) is 0 Å². The van der Waals surface area contributed by atoms with Crippen LogP contribution in [0.3, 0.4) is 0 Å². The molecule has 1 N–H and O–H groups in total. The van der Waals surface area contributed by atoms with E-state index in [0.29, 0.717) is 11.4 Å². The molecule has 20 heavy (non-hydrogen) atoms. The minimum Gasteiger partial charge on any atom is -0.232 e. The predicted octanol–water partition coefficient (Wildman–Crippen LogP) is 3.88. The van der Waals surface area contributed by atoms with Crippen molar-refractivity contribution in [3.63, 3.8) is 0 Å². The third kappa shape index (κ3) is 3.71. The number of rotatable bonds is 5. The highest BCUT2D eigenvalue weighted by Crippen LogP contribution is 2.26. The summed E-state index contributed by atoms with van der Waals surface area (Å²) in [5.74, 6) is 0. The van der Waals surface area contributed by atoms with E-state index in [-0.39, 0.29) is 14.7 Å². The maximum atomic E-state index is 12.2. The minimum absolute atomic E-state index is 0.106. The molecule has 0 spiro atoms. The van der Waals surface area contributed by atoms with Crippen LogP contribution >= 0.6 is 34.5 Å². The minimum atomic E-state index is -3.62. The van der Waals surface area contributed by atoms with Crippen LogP contribution in [0.5, 0.6) is 0 Å². The van der Waals surface area contributed by atoms with Crippen molar-refractivity contribution in [3.05, 3.63) is 45.5 Å². The first kappa shape index (κ1) is 15.7. The van der Waals surface area contributed by atoms with Crippen LogP contribution in [0.2, 0.25) is 9.49 Å². The van der Waals surface area contributed by atoms with Gasteiger partial charge in [0, 0.05) is 11.1 Å². The van der Waals surface area contributed by atoms with Crippen molar-refractivity contribution in [1.29, 1.82) is 0 Å². The maximum absolute atomic E-state index is 12.2. The van der Waals surface area contributed by atoms with E-state index in [0.717, 1.165) is 16.9 Å². The zero-order chi connectivity index (χ0) is 14.8. The van der Waals surface area contributed by atoms with E-state index in [1.807, 2.05) is 6.92 Å². The fraction of sp³-hybridized carbons (Fsp3) is 0.250. The van der Waals surface area contributed by atoms with E-state index < -0.39 is 10.0 Å². The Bertz CT molecular complexity index is 684. The Kier molecular flexibility index (Phi) is 5.04. The Morgan fingerprint density at radius 2 is 1.95 bits per heavy atom. The molecule has 108 valence electrons. The molecule has 1 atom stereocenters. The van der Waals surface area contributed by atoms with Crippen molar-refractivity contribution in [2.24, 2.45) is 0 Å². The van der Waals surface area contributed by atoms with Crippen molar-refractivity contribution in [2.45, 2.75) is 23.6 Å². The Balaban J connectivity index is 2.24. The molecule has 8 heteroatoms. The van der Waals surface area contributed by atoms with Crippen LogP contribution in [-0.4, -0.2) is 13.4 Å². The van der Waals surface area contributed by atoms with Gasteiger partial charge in [-0.15, -0.1) is 0 Å². The highest BCUT2D eigenvalue weighted by molar-refractivity contribution is 7.91. The number of thiazole rings is 1. The van der Waals surface area contributed by atoms with Crippen molar-refractivity contribution < 1.29 is 8.42 Å². The fourth-order valence-corrected chi connectivity index (χ4v) is 4.43. The Hall–Kier alpha value is -0.660. The zero-order valence-corrected chi connectivity index (χ0v) is 13.7. The second-order valence-electron chi connectivity index (χ2n) is 4.07. The topological polar surface area (TPSA) is 59.1 Å². The normalized spacial score (nSPS) is 13.3. The standard InChI is InChI=1S/C12H12Cl2N2O2S2/c1-2-10(8-3-5-9(13)6-4-8)16-20(17,18)11-7-15-12(14)19-11/h3-7,10,16H,2H2,1H3. The van der Waals surface area contributed by atoms with Gasteiger partial charge >= 0.3 is 0 Å². The summed E-state index contributed by atoms with van der Waals surface area (Å²) in [5.41, 5.74) is 0.857. The highest BCUT2D eigenvalue weighted by atomic mass is 35.5. The Morgan fingerprint density at radius 1 is 1.30 bits per heavy atom. The van der Waals surface area contributed by atoms with Crippen molar-refractivity contribution in [3.8, 4) is 0 Å². The van der Waals surface area contributed by atoms with E-state index in [9.17, 15) is 8.42 Å². The van der Waals surface area contributed by atoms with Gasteiger partial charge in [0.05, 0.1) is 6.20 Å². The van der Waals surface area contributed by atoms with Gasteiger partial charge in [-0.3, -0.25) is 0 Å². The predicted molar refractivity (Wildman–Crippen MR) is 81.9 cm³/mol. The average Bonchev–Trinajstić information content (AvgIpc) is 2.85. The largest absolute Gasteiger partial charge is 0.252 e. The first-order valence-corrected chi connectivity index (χ1v) is 8.87. The van der Waals surface area contributed by atoms with Gasteiger partial charge in [-0.1, -0.05) is 53.6 Å². The number of hydrogen-bond acceptors (Lipinski definition) is 4. The molecule has 0 aliphatic rings. The first-order chi connectivity index (χ1) is 9.42.